The van der Waals surface area contributed by atoms with E-state index in [-0.39, 0.29) is 11.0 Å². The van der Waals surface area contributed by atoms with E-state index in [2.05, 4.69) is 20.8 Å². The number of ketones is 1. The maximum absolute atomic E-state index is 12.7. The summed E-state index contributed by atoms with van der Waals surface area (Å²) in [5.41, 5.74) is 2.09. The Hall–Kier alpha value is -2.75. The Morgan fingerprint density at radius 1 is 0.913 bits per heavy atom. The van der Waals surface area contributed by atoms with Crippen molar-refractivity contribution < 1.29 is 14.4 Å². The van der Waals surface area contributed by atoms with Crippen LogP contribution in [0.1, 0.15) is 47.1 Å². The Kier molecular flexibility index (Phi) is 3.40. The van der Waals surface area contributed by atoms with Crippen molar-refractivity contribution in [2.45, 2.75) is 26.2 Å². The van der Waals surface area contributed by atoms with E-state index in [4.69, 9.17) is 0 Å². The third-order valence-electron chi connectivity index (χ3n) is 3.99. The molecule has 3 rings (SSSR count). The van der Waals surface area contributed by atoms with E-state index in [0.717, 1.165) is 10.5 Å². The molecule has 0 unspecified atom stereocenters. The van der Waals surface area contributed by atoms with Crippen LogP contribution in [0.3, 0.4) is 0 Å². The zero-order valence-electron chi connectivity index (χ0n) is 13.3. The van der Waals surface area contributed by atoms with Gasteiger partial charge < -0.3 is 0 Å². The van der Waals surface area contributed by atoms with Crippen molar-refractivity contribution in [3.05, 3.63) is 65.2 Å². The molecule has 2 amide bonds. The van der Waals surface area contributed by atoms with Gasteiger partial charge in [-0.15, -0.1) is 0 Å². The van der Waals surface area contributed by atoms with Gasteiger partial charge >= 0.3 is 5.91 Å². The molecule has 1 aliphatic rings. The van der Waals surface area contributed by atoms with E-state index in [1.165, 1.54) is 0 Å². The van der Waals surface area contributed by atoms with Crippen LogP contribution in [0.25, 0.3) is 0 Å². The Bertz CT molecular complexity index is 813. The lowest BCUT2D eigenvalue weighted by Gasteiger charge is -2.20. The van der Waals surface area contributed by atoms with Crippen LogP contribution in [-0.4, -0.2) is 17.6 Å². The molecule has 0 bridgehead atoms. The number of amides is 2. The summed E-state index contributed by atoms with van der Waals surface area (Å²) < 4.78 is 0. The van der Waals surface area contributed by atoms with Crippen molar-refractivity contribution in [3.8, 4) is 0 Å². The summed E-state index contributed by atoms with van der Waals surface area (Å²) >= 11 is 0. The van der Waals surface area contributed by atoms with Gasteiger partial charge in [-0.25, -0.2) is 4.90 Å². The molecule has 0 atom stereocenters. The summed E-state index contributed by atoms with van der Waals surface area (Å²) in [5.74, 6) is -1.91. The summed E-state index contributed by atoms with van der Waals surface area (Å²) in [6, 6.07) is 13.7. The number of rotatable bonds is 1. The van der Waals surface area contributed by atoms with Gasteiger partial charge in [0.2, 0.25) is 0 Å². The predicted octanol–water partition coefficient (Wildman–Crippen LogP) is 3.35. The Labute approximate surface area is 134 Å². The highest BCUT2D eigenvalue weighted by atomic mass is 16.2. The maximum Gasteiger partial charge on any atom is 0.306 e. The molecule has 0 aromatic heterocycles. The van der Waals surface area contributed by atoms with Gasteiger partial charge in [0.1, 0.15) is 0 Å². The minimum Gasteiger partial charge on any atom is -0.283 e. The number of nitrogens with zero attached hydrogens (tertiary/aromatic N) is 1. The van der Waals surface area contributed by atoms with Crippen molar-refractivity contribution >= 4 is 23.3 Å². The summed E-state index contributed by atoms with van der Waals surface area (Å²) in [5, 5.41) is 0. The van der Waals surface area contributed by atoms with Crippen LogP contribution in [-0.2, 0) is 10.2 Å². The highest BCUT2D eigenvalue weighted by Gasteiger charge is 2.39. The number of imide groups is 1. The van der Waals surface area contributed by atoms with Crippen LogP contribution in [0.4, 0.5) is 5.69 Å². The van der Waals surface area contributed by atoms with Crippen LogP contribution < -0.4 is 4.90 Å². The van der Waals surface area contributed by atoms with E-state index >= 15 is 0 Å². The SMILES string of the molecule is CC(C)(C)c1ccc(C(=O)N2C(=O)C(=O)c3ccccc32)cc1. The lowest BCUT2D eigenvalue weighted by molar-refractivity contribution is -0.113. The first-order valence-electron chi connectivity index (χ1n) is 7.43. The molecular formula is C19H17NO3. The number of Topliss-reactive ketones (excluding diaryl/α,β-unsaturated/α-hetero) is 1. The highest BCUT2D eigenvalue weighted by Crippen LogP contribution is 2.30. The molecule has 0 N–H and O–H groups in total. The van der Waals surface area contributed by atoms with Crippen molar-refractivity contribution in [2.24, 2.45) is 0 Å². The number of para-hydroxylation sites is 1. The molecular weight excluding hydrogens is 290 g/mol. The summed E-state index contributed by atoms with van der Waals surface area (Å²) in [4.78, 5) is 37.8. The third kappa shape index (κ3) is 2.46. The Balaban J connectivity index is 1.98. The van der Waals surface area contributed by atoms with E-state index in [9.17, 15) is 14.4 Å². The number of carbonyl (C=O) groups excluding carboxylic acids is 3. The maximum atomic E-state index is 12.7. The monoisotopic (exact) mass is 307 g/mol. The number of anilines is 1. The Morgan fingerprint density at radius 2 is 1.52 bits per heavy atom. The molecule has 2 aromatic rings. The van der Waals surface area contributed by atoms with Gasteiger partial charge in [0.05, 0.1) is 11.3 Å². The second-order valence-electron chi connectivity index (χ2n) is 6.62. The molecule has 0 saturated carbocycles. The van der Waals surface area contributed by atoms with Gasteiger partial charge in [-0.3, -0.25) is 14.4 Å². The first-order chi connectivity index (χ1) is 10.8. The predicted molar refractivity (Wildman–Crippen MR) is 87.7 cm³/mol. The first-order valence-corrected chi connectivity index (χ1v) is 7.43. The number of fused-ring (bicyclic) bond motifs is 1. The normalized spacial score (nSPS) is 14.1. The number of carbonyl (C=O) groups is 3. The van der Waals surface area contributed by atoms with Gasteiger partial charge in [-0.1, -0.05) is 45.0 Å². The molecule has 23 heavy (non-hydrogen) atoms. The molecule has 0 saturated heterocycles. The van der Waals surface area contributed by atoms with Gasteiger partial charge in [-0.05, 0) is 35.2 Å². The minimum absolute atomic E-state index is 0.0202. The zero-order chi connectivity index (χ0) is 16.8. The molecule has 0 aliphatic carbocycles. The fraction of sp³-hybridized carbons (Fsp3) is 0.211. The number of hydrogen-bond donors (Lipinski definition) is 0. The second kappa shape index (κ2) is 5.16. The second-order valence-corrected chi connectivity index (χ2v) is 6.62. The summed E-state index contributed by atoms with van der Waals surface area (Å²) in [6.07, 6.45) is 0. The van der Waals surface area contributed by atoms with Crippen LogP contribution >= 0.6 is 0 Å². The average Bonchev–Trinajstić information content (AvgIpc) is 2.78. The number of benzene rings is 2. The lowest BCUT2D eigenvalue weighted by atomic mass is 9.86. The molecule has 0 radical (unpaired) electrons. The Morgan fingerprint density at radius 3 is 2.13 bits per heavy atom. The molecule has 4 nitrogen and oxygen atoms in total. The van der Waals surface area contributed by atoms with Crippen molar-refractivity contribution in [3.63, 3.8) is 0 Å². The molecule has 0 fully saturated rings. The lowest BCUT2D eigenvalue weighted by Crippen LogP contribution is -2.35. The number of hydrogen-bond acceptors (Lipinski definition) is 3. The van der Waals surface area contributed by atoms with Gasteiger partial charge in [-0.2, -0.15) is 0 Å². The van der Waals surface area contributed by atoms with E-state index in [1.807, 2.05) is 12.1 Å². The van der Waals surface area contributed by atoms with Gasteiger partial charge in [0, 0.05) is 5.56 Å². The molecule has 116 valence electrons. The van der Waals surface area contributed by atoms with E-state index in [0.29, 0.717) is 11.3 Å². The smallest absolute Gasteiger partial charge is 0.283 e. The third-order valence-corrected chi connectivity index (χ3v) is 3.99. The van der Waals surface area contributed by atoms with E-state index < -0.39 is 17.6 Å². The van der Waals surface area contributed by atoms with Gasteiger partial charge in [0.15, 0.2) is 0 Å². The van der Waals surface area contributed by atoms with Crippen LogP contribution in [0, 0.1) is 0 Å². The van der Waals surface area contributed by atoms with Gasteiger partial charge in [0.25, 0.3) is 11.7 Å². The van der Waals surface area contributed by atoms with Crippen molar-refractivity contribution in [1.82, 2.24) is 0 Å². The highest BCUT2D eigenvalue weighted by molar-refractivity contribution is 6.57. The van der Waals surface area contributed by atoms with Crippen LogP contribution in [0.2, 0.25) is 0 Å². The van der Waals surface area contributed by atoms with E-state index in [1.54, 1.807) is 36.4 Å². The van der Waals surface area contributed by atoms with Crippen LogP contribution in [0.5, 0.6) is 0 Å². The topological polar surface area (TPSA) is 54.5 Å². The largest absolute Gasteiger partial charge is 0.306 e. The average molecular weight is 307 g/mol. The first kappa shape index (κ1) is 15.2. The molecule has 2 aromatic carbocycles. The summed E-state index contributed by atoms with van der Waals surface area (Å²) in [6.45, 7) is 6.26. The standard InChI is InChI=1S/C19H17NO3/c1-19(2,3)13-10-8-12(9-11-13)17(22)20-15-7-5-4-6-14(15)16(21)18(20)23/h4-11H,1-3H3. The van der Waals surface area contributed by atoms with Crippen molar-refractivity contribution in [1.29, 1.82) is 0 Å². The molecule has 0 spiro atoms. The summed E-state index contributed by atoms with van der Waals surface area (Å²) in [7, 11) is 0. The molecule has 1 aliphatic heterocycles. The fourth-order valence-electron chi connectivity index (χ4n) is 2.63. The molecule has 1 heterocycles. The van der Waals surface area contributed by atoms with Crippen LogP contribution in [0.15, 0.2) is 48.5 Å². The fourth-order valence-corrected chi connectivity index (χ4v) is 2.63. The molecule has 4 heteroatoms. The van der Waals surface area contributed by atoms with Crippen molar-refractivity contribution in [2.75, 3.05) is 4.90 Å². The quantitative estimate of drug-likeness (QED) is 0.599. The minimum atomic E-state index is -0.795. The zero-order valence-corrected chi connectivity index (χ0v) is 13.3.